The first kappa shape index (κ1) is 20.0. The van der Waals surface area contributed by atoms with Crippen molar-refractivity contribution in [1.29, 1.82) is 0 Å². The number of hydrogen-bond donors (Lipinski definition) is 1. The third kappa shape index (κ3) is 3.92. The highest BCUT2D eigenvalue weighted by atomic mass is 79.9. The molecule has 0 fully saturated rings. The lowest BCUT2D eigenvalue weighted by Crippen LogP contribution is -2.13. The van der Waals surface area contributed by atoms with E-state index in [0.29, 0.717) is 21.5 Å². The first-order valence-corrected chi connectivity index (χ1v) is 11.1. The van der Waals surface area contributed by atoms with Gasteiger partial charge in [0.05, 0.1) is 17.1 Å². The fraction of sp³-hybridized carbons (Fsp3) is 0.158. The van der Waals surface area contributed by atoms with E-state index in [9.17, 15) is 4.79 Å². The number of aryl methyl sites for hydroxylation is 1. The zero-order valence-electron chi connectivity index (χ0n) is 15.4. The molecule has 0 saturated heterocycles. The number of carbonyl (C=O) groups excluding carboxylic acids is 1. The molecule has 7 nitrogen and oxygen atoms in total. The number of ether oxygens (including phenoxy) is 1. The molecule has 2 aromatic carbocycles. The fourth-order valence-corrected chi connectivity index (χ4v) is 5.10. The van der Waals surface area contributed by atoms with E-state index in [1.165, 1.54) is 18.4 Å². The van der Waals surface area contributed by atoms with Gasteiger partial charge in [-0.2, -0.15) is 9.61 Å². The maximum atomic E-state index is 12.9. The van der Waals surface area contributed by atoms with Crippen LogP contribution in [0.15, 0.2) is 45.3 Å². The third-order valence-electron chi connectivity index (χ3n) is 4.20. The second-order valence-electron chi connectivity index (χ2n) is 6.07. The number of nitrogens with one attached hydrogen (secondary N) is 1. The topological polar surface area (TPSA) is 81.4 Å². The minimum Gasteiger partial charge on any atom is -0.495 e. The summed E-state index contributed by atoms with van der Waals surface area (Å²) in [6.07, 6.45) is 0.754. The van der Waals surface area contributed by atoms with Gasteiger partial charge in [-0.1, -0.05) is 46.3 Å². The summed E-state index contributed by atoms with van der Waals surface area (Å²) in [5.41, 5.74) is 1.97. The Morgan fingerprint density at radius 3 is 2.83 bits per heavy atom. The number of fused-ring (bicyclic) bond motifs is 1. The summed E-state index contributed by atoms with van der Waals surface area (Å²) in [5, 5.41) is 16.6. The van der Waals surface area contributed by atoms with Gasteiger partial charge in [-0.25, -0.2) is 0 Å². The zero-order valence-corrected chi connectivity index (χ0v) is 19.4. The number of nitrogens with zero attached hydrogens (tertiary/aromatic N) is 4. The van der Waals surface area contributed by atoms with Crippen LogP contribution in [-0.2, 0) is 6.42 Å². The Kier molecular flexibility index (Phi) is 5.66. The molecular weight excluding hydrogens is 522 g/mol. The van der Waals surface area contributed by atoms with Gasteiger partial charge in [0.15, 0.2) is 5.82 Å². The highest BCUT2D eigenvalue weighted by Crippen LogP contribution is 2.33. The maximum Gasteiger partial charge on any atom is 0.259 e. The van der Waals surface area contributed by atoms with E-state index in [0.717, 1.165) is 32.2 Å². The van der Waals surface area contributed by atoms with Crippen LogP contribution in [0.2, 0.25) is 0 Å². The Morgan fingerprint density at radius 2 is 2.07 bits per heavy atom. The number of carbonyl (C=O) groups is 1. The normalized spacial score (nSPS) is 11.0. The number of benzene rings is 2. The Balaban J connectivity index is 1.64. The number of amides is 1. The summed E-state index contributed by atoms with van der Waals surface area (Å²) in [6, 6.07) is 11.1. The van der Waals surface area contributed by atoms with E-state index in [1.807, 2.05) is 37.3 Å². The molecule has 0 unspecified atom stereocenters. The lowest BCUT2D eigenvalue weighted by atomic mass is 10.1. The molecule has 29 heavy (non-hydrogen) atoms. The smallest absolute Gasteiger partial charge is 0.259 e. The number of hydrogen-bond acceptors (Lipinski definition) is 6. The molecule has 0 saturated carbocycles. The SMILES string of the molecule is CCc1nnc2sc(-c3cccc(NC(=O)c4cc(Br)cc(Br)c4OC)c3)nn12. The molecule has 2 aromatic heterocycles. The molecule has 0 aliphatic heterocycles. The van der Waals surface area contributed by atoms with E-state index in [4.69, 9.17) is 4.74 Å². The Hall–Kier alpha value is -2.30. The van der Waals surface area contributed by atoms with Gasteiger partial charge in [0, 0.05) is 22.1 Å². The summed E-state index contributed by atoms with van der Waals surface area (Å²) < 4.78 is 8.60. The minimum atomic E-state index is -0.271. The van der Waals surface area contributed by atoms with Crippen LogP contribution in [0.3, 0.4) is 0 Å². The Morgan fingerprint density at radius 1 is 1.24 bits per heavy atom. The van der Waals surface area contributed by atoms with E-state index < -0.39 is 0 Å². The van der Waals surface area contributed by atoms with Gasteiger partial charge >= 0.3 is 0 Å². The van der Waals surface area contributed by atoms with Crippen LogP contribution in [0, 0.1) is 0 Å². The van der Waals surface area contributed by atoms with Crippen molar-refractivity contribution >= 4 is 59.8 Å². The van der Waals surface area contributed by atoms with E-state index in [-0.39, 0.29) is 5.91 Å². The average molecular weight is 537 g/mol. The predicted molar refractivity (Wildman–Crippen MR) is 120 cm³/mol. The third-order valence-corrected chi connectivity index (χ3v) is 6.19. The molecule has 4 aromatic rings. The molecule has 0 spiro atoms. The van der Waals surface area contributed by atoms with Gasteiger partial charge in [0.2, 0.25) is 4.96 Å². The summed E-state index contributed by atoms with van der Waals surface area (Å²) >= 11 is 8.29. The van der Waals surface area contributed by atoms with Crippen molar-refractivity contribution in [3.63, 3.8) is 0 Å². The van der Waals surface area contributed by atoms with Gasteiger partial charge in [0.25, 0.3) is 5.91 Å². The average Bonchev–Trinajstić information content (AvgIpc) is 3.28. The lowest BCUT2D eigenvalue weighted by Gasteiger charge is -2.12. The molecular formula is C19H15Br2N5O2S. The van der Waals surface area contributed by atoms with E-state index in [1.54, 1.807) is 10.6 Å². The molecule has 2 heterocycles. The number of aromatic nitrogens is 4. The summed E-state index contributed by atoms with van der Waals surface area (Å²) in [4.78, 5) is 13.6. The second-order valence-corrected chi connectivity index (χ2v) is 8.80. The molecule has 10 heteroatoms. The molecule has 148 valence electrons. The highest BCUT2D eigenvalue weighted by molar-refractivity contribution is 9.11. The number of rotatable bonds is 5. The standard InChI is InChI=1S/C19H15Br2N5O2S/c1-3-15-23-24-19-26(15)25-18(29-19)10-5-4-6-12(7-10)22-17(27)13-8-11(20)9-14(21)16(13)28-2/h4-9H,3H2,1-2H3,(H,22,27). The number of halogens is 2. The van der Waals surface area contributed by atoms with Crippen molar-refractivity contribution in [2.45, 2.75) is 13.3 Å². The first-order valence-electron chi connectivity index (χ1n) is 8.66. The summed E-state index contributed by atoms with van der Waals surface area (Å²) in [7, 11) is 1.53. The monoisotopic (exact) mass is 535 g/mol. The zero-order chi connectivity index (χ0) is 20.5. The minimum absolute atomic E-state index is 0.271. The van der Waals surface area contributed by atoms with Crippen LogP contribution >= 0.6 is 43.2 Å². The number of methoxy groups -OCH3 is 1. The van der Waals surface area contributed by atoms with Crippen molar-refractivity contribution in [3.8, 4) is 16.3 Å². The van der Waals surface area contributed by atoms with Crippen molar-refractivity contribution in [3.05, 3.63) is 56.7 Å². The fourth-order valence-electron chi connectivity index (χ4n) is 2.86. The molecule has 0 atom stereocenters. The van der Waals surface area contributed by atoms with Crippen molar-refractivity contribution in [1.82, 2.24) is 19.8 Å². The molecule has 0 aliphatic rings. The van der Waals surface area contributed by atoms with E-state index in [2.05, 4.69) is 52.5 Å². The van der Waals surface area contributed by atoms with Crippen molar-refractivity contribution < 1.29 is 9.53 Å². The number of anilines is 1. The van der Waals surface area contributed by atoms with Gasteiger partial charge < -0.3 is 10.1 Å². The van der Waals surface area contributed by atoms with E-state index >= 15 is 0 Å². The predicted octanol–water partition coefficient (Wildman–Crippen LogP) is 5.20. The van der Waals surface area contributed by atoms with Gasteiger partial charge in [-0.15, -0.1) is 10.2 Å². The van der Waals surface area contributed by atoms with Crippen LogP contribution in [-0.4, -0.2) is 32.8 Å². The quantitative estimate of drug-likeness (QED) is 0.379. The Labute approximate surface area is 187 Å². The van der Waals surface area contributed by atoms with Crippen molar-refractivity contribution in [2.75, 3.05) is 12.4 Å². The maximum absolute atomic E-state index is 12.9. The molecule has 1 N–H and O–H groups in total. The largest absolute Gasteiger partial charge is 0.495 e. The lowest BCUT2D eigenvalue weighted by molar-refractivity contribution is 0.102. The summed E-state index contributed by atoms with van der Waals surface area (Å²) in [5.74, 6) is 1.02. The second kappa shape index (κ2) is 8.21. The molecule has 4 rings (SSSR count). The van der Waals surface area contributed by atoms with Crippen LogP contribution < -0.4 is 10.1 Å². The molecule has 0 aliphatic carbocycles. The van der Waals surface area contributed by atoms with Crippen LogP contribution in [0.25, 0.3) is 15.5 Å². The molecule has 1 amide bonds. The van der Waals surface area contributed by atoms with Gasteiger partial charge in [-0.05, 0) is 40.2 Å². The van der Waals surface area contributed by atoms with Gasteiger partial charge in [-0.3, -0.25) is 4.79 Å². The highest BCUT2D eigenvalue weighted by Gasteiger charge is 2.17. The van der Waals surface area contributed by atoms with Crippen LogP contribution in [0.4, 0.5) is 5.69 Å². The first-order chi connectivity index (χ1) is 14.0. The molecule has 0 radical (unpaired) electrons. The van der Waals surface area contributed by atoms with Crippen LogP contribution in [0.5, 0.6) is 5.75 Å². The van der Waals surface area contributed by atoms with Crippen molar-refractivity contribution in [2.24, 2.45) is 0 Å². The summed E-state index contributed by atoms with van der Waals surface area (Å²) in [6.45, 7) is 2.01. The molecule has 0 bridgehead atoms. The van der Waals surface area contributed by atoms with Crippen LogP contribution in [0.1, 0.15) is 23.1 Å². The van der Waals surface area contributed by atoms with Gasteiger partial charge in [0.1, 0.15) is 10.8 Å². The Bertz CT molecular complexity index is 1220.